The minimum atomic E-state index is 0.449. The zero-order valence-corrected chi connectivity index (χ0v) is 9.83. The van der Waals surface area contributed by atoms with E-state index in [1.807, 2.05) is 11.8 Å². The van der Waals surface area contributed by atoms with Crippen LogP contribution in [0.1, 0.15) is 45.4 Å². The van der Waals surface area contributed by atoms with Gasteiger partial charge in [0, 0.05) is 17.8 Å². The lowest BCUT2D eigenvalue weighted by Gasteiger charge is -2.21. The average molecular weight is 212 g/mol. The molecule has 2 fully saturated rings. The van der Waals surface area contributed by atoms with Gasteiger partial charge in [0.15, 0.2) is 5.17 Å². The van der Waals surface area contributed by atoms with E-state index in [0.29, 0.717) is 4.75 Å². The summed E-state index contributed by atoms with van der Waals surface area (Å²) < 4.78 is 0.449. The maximum absolute atomic E-state index is 7.96. The van der Waals surface area contributed by atoms with Crippen molar-refractivity contribution in [2.75, 3.05) is 13.1 Å². The van der Waals surface area contributed by atoms with Crippen molar-refractivity contribution in [2.24, 2.45) is 0 Å². The third kappa shape index (κ3) is 1.92. The van der Waals surface area contributed by atoms with Crippen molar-refractivity contribution in [3.8, 4) is 0 Å². The largest absolute Gasteiger partial charge is 0.350 e. The van der Waals surface area contributed by atoms with Crippen LogP contribution in [0.25, 0.3) is 0 Å². The van der Waals surface area contributed by atoms with Crippen molar-refractivity contribution in [2.45, 2.75) is 50.2 Å². The van der Waals surface area contributed by atoms with Crippen LogP contribution in [-0.2, 0) is 0 Å². The highest BCUT2D eigenvalue weighted by atomic mass is 32.2. The first-order valence-corrected chi connectivity index (χ1v) is 6.60. The Morgan fingerprint density at radius 1 is 1.43 bits per heavy atom. The minimum absolute atomic E-state index is 0.449. The van der Waals surface area contributed by atoms with Crippen LogP contribution in [0, 0.1) is 5.41 Å². The Morgan fingerprint density at radius 2 is 2.14 bits per heavy atom. The maximum Gasteiger partial charge on any atom is 0.156 e. The molecule has 3 heteroatoms. The van der Waals surface area contributed by atoms with Gasteiger partial charge in [0.1, 0.15) is 0 Å². The normalized spacial score (nSPS) is 25.2. The molecule has 0 aromatic carbocycles. The van der Waals surface area contributed by atoms with Gasteiger partial charge < -0.3 is 4.90 Å². The number of hydrogen-bond acceptors (Lipinski definition) is 2. The number of nitrogens with zero attached hydrogens (tertiary/aromatic N) is 1. The van der Waals surface area contributed by atoms with Crippen LogP contribution in [-0.4, -0.2) is 27.9 Å². The van der Waals surface area contributed by atoms with E-state index >= 15 is 0 Å². The molecule has 2 nitrogen and oxygen atoms in total. The maximum atomic E-state index is 7.96. The van der Waals surface area contributed by atoms with E-state index in [1.165, 1.54) is 38.5 Å². The number of thioether (sulfide) groups is 1. The van der Waals surface area contributed by atoms with Gasteiger partial charge in [-0.1, -0.05) is 37.9 Å². The molecule has 14 heavy (non-hydrogen) atoms. The van der Waals surface area contributed by atoms with Gasteiger partial charge >= 0.3 is 0 Å². The predicted molar refractivity (Wildman–Crippen MR) is 63.0 cm³/mol. The number of hydrogen-bond donors (Lipinski definition) is 1. The fourth-order valence-electron chi connectivity index (χ4n) is 2.53. The molecule has 1 saturated heterocycles. The van der Waals surface area contributed by atoms with Crippen molar-refractivity contribution >= 4 is 16.9 Å². The van der Waals surface area contributed by atoms with E-state index in [9.17, 15) is 0 Å². The number of unbranched alkanes of at least 4 members (excludes halogenated alkanes) is 1. The second kappa shape index (κ2) is 4.13. The Labute approximate surface area is 90.9 Å². The second-order valence-corrected chi connectivity index (χ2v) is 6.03. The van der Waals surface area contributed by atoms with Crippen LogP contribution in [0.2, 0.25) is 0 Å². The highest BCUT2D eigenvalue weighted by Gasteiger charge is 2.43. The zero-order valence-electron chi connectivity index (χ0n) is 9.01. The van der Waals surface area contributed by atoms with Crippen LogP contribution in [0.3, 0.4) is 0 Å². The van der Waals surface area contributed by atoms with Crippen molar-refractivity contribution in [3.05, 3.63) is 0 Å². The molecule has 0 aromatic heterocycles. The molecule has 80 valence electrons. The Bertz CT molecular complexity index is 221. The van der Waals surface area contributed by atoms with Crippen molar-refractivity contribution in [1.82, 2.24) is 4.90 Å². The molecule has 1 aliphatic heterocycles. The first-order chi connectivity index (χ1) is 6.76. The monoisotopic (exact) mass is 212 g/mol. The fraction of sp³-hybridized carbons (Fsp3) is 0.909. The third-order valence-electron chi connectivity index (χ3n) is 3.38. The molecule has 0 unspecified atom stereocenters. The summed E-state index contributed by atoms with van der Waals surface area (Å²) in [6.45, 7) is 4.47. The third-order valence-corrected chi connectivity index (χ3v) is 4.80. The molecule has 2 rings (SSSR count). The van der Waals surface area contributed by atoms with Gasteiger partial charge in [-0.15, -0.1) is 0 Å². The Morgan fingerprint density at radius 3 is 2.79 bits per heavy atom. The van der Waals surface area contributed by atoms with E-state index < -0.39 is 0 Å². The number of rotatable bonds is 3. The molecule has 1 heterocycles. The Kier molecular flexibility index (Phi) is 3.05. The molecular weight excluding hydrogens is 192 g/mol. The summed E-state index contributed by atoms with van der Waals surface area (Å²) in [6, 6.07) is 0. The first kappa shape index (κ1) is 10.3. The van der Waals surface area contributed by atoms with Gasteiger partial charge in [0.25, 0.3) is 0 Å². The fourth-order valence-corrected chi connectivity index (χ4v) is 3.94. The van der Waals surface area contributed by atoms with E-state index in [2.05, 4.69) is 11.8 Å². The van der Waals surface area contributed by atoms with Gasteiger partial charge in [0.05, 0.1) is 0 Å². The number of nitrogens with one attached hydrogen (secondary N) is 1. The van der Waals surface area contributed by atoms with Crippen molar-refractivity contribution in [3.63, 3.8) is 0 Å². The van der Waals surface area contributed by atoms with Crippen LogP contribution < -0.4 is 0 Å². The molecule has 0 amide bonds. The van der Waals surface area contributed by atoms with Crippen molar-refractivity contribution < 1.29 is 0 Å². The van der Waals surface area contributed by atoms with Crippen LogP contribution >= 0.6 is 11.8 Å². The Hall–Kier alpha value is -0.180. The highest BCUT2D eigenvalue weighted by Crippen LogP contribution is 2.47. The summed E-state index contributed by atoms with van der Waals surface area (Å²) in [6.07, 6.45) is 7.90. The van der Waals surface area contributed by atoms with Crippen LogP contribution in [0.15, 0.2) is 0 Å². The van der Waals surface area contributed by atoms with E-state index in [-0.39, 0.29) is 0 Å². The highest BCUT2D eigenvalue weighted by molar-refractivity contribution is 8.15. The molecule has 2 aliphatic rings. The lowest BCUT2D eigenvalue weighted by atomic mass is 10.1. The smallest absolute Gasteiger partial charge is 0.156 e. The first-order valence-electron chi connectivity index (χ1n) is 5.78. The molecule has 0 radical (unpaired) electrons. The SMILES string of the molecule is CCCCN1CC2(CCCC2)SC1=N. The summed E-state index contributed by atoms with van der Waals surface area (Å²) >= 11 is 1.84. The summed E-state index contributed by atoms with van der Waals surface area (Å²) in [5.41, 5.74) is 0. The van der Waals surface area contributed by atoms with Gasteiger partial charge in [-0.25, -0.2) is 0 Å². The van der Waals surface area contributed by atoms with Crippen molar-refractivity contribution in [1.29, 1.82) is 5.41 Å². The molecule has 1 spiro atoms. The second-order valence-electron chi connectivity index (χ2n) is 4.57. The molecular formula is C11H20N2S. The van der Waals surface area contributed by atoms with Gasteiger partial charge in [-0.2, -0.15) is 0 Å². The standard InChI is InChI=1S/C11H20N2S/c1-2-3-8-13-9-11(14-10(13)12)6-4-5-7-11/h12H,2-9H2,1H3. The molecule has 1 aliphatic carbocycles. The minimum Gasteiger partial charge on any atom is -0.350 e. The van der Waals surface area contributed by atoms with E-state index in [1.54, 1.807) is 0 Å². The molecule has 0 bridgehead atoms. The lowest BCUT2D eigenvalue weighted by Crippen LogP contribution is -2.31. The van der Waals surface area contributed by atoms with Gasteiger partial charge in [0.2, 0.25) is 0 Å². The lowest BCUT2D eigenvalue weighted by molar-refractivity contribution is 0.377. The summed E-state index contributed by atoms with van der Waals surface area (Å²) in [7, 11) is 0. The summed E-state index contributed by atoms with van der Waals surface area (Å²) in [4.78, 5) is 2.29. The topological polar surface area (TPSA) is 27.1 Å². The van der Waals surface area contributed by atoms with Gasteiger partial charge in [-0.3, -0.25) is 5.41 Å². The van der Waals surface area contributed by atoms with E-state index in [4.69, 9.17) is 5.41 Å². The van der Waals surface area contributed by atoms with Crippen LogP contribution in [0.4, 0.5) is 0 Å². The average Bonchev–Trinajstić information content (AvgIpc) is 2.72. The Balaban J connectivity index is 1.92. The summed E-state index contributed by atoms with van der Waals surface area (Å²) in [5, 5.41) is 8.80. The van der Waals surface area contributed by atoms with E-state index in [0.717, 1.165) is 18.3 Å². The zero-order chi connectivity index (χ0) is 10.0. The van der Waals surface area contributed by atoms with Crippen LogP contribution in [0.5, 0.6) is 0 Å². The molecule has 0 aromatic rings. The summed E-state index contributed by atoms with van der Waals surface area (Å²) in [5.74, 6) is 0. The van der Waals surface area contributed by atoms with Gasteiger partial charge in [-0.05, 0) is 19.3 Å². The quantitative estimate of drug-likeness (QED) is 0.778. The number of amidine groups is 1. The molecule has 1 N–H and O–H groups in total. The molecule has 0 atom stereocenters. The predicted octanol–water partition coefficient (Wildman–Crippen LogP) is 3.08. The molecule has 1 saturated carbocycles.